The maximum absolute atomic E-state index is 13.7. The molecule has 0 bridgehead atoms. The van der Waals surface area contributed by atoms with Gasteiger partial charge in [-0.3, -0.25) is 9.59 Å². The fourth-order valence-electron chi connectivity index (χ4n) is 8.26. The highest BCUT2D eigenvalue weighted by atomic mass is 16.5. The summed E-state index contributed by atoms with van der Waals surface area (Å²) in [7, 11) is 2.59. The maximum Gasteiger partial charge on any atom is 0.407 e. The molecule has 3 aliphatic rings. The molecule has 5 atom stereocenters. The minimum Gasteiger partial charge on any atom is -0.453 e. The number of alkyl carbamates (subject to hydrolysis) is 2. The third kappa shape index (κ3) is 6.92. The van der Waals surface area contributed by atoms with E-state index in [-0.39, 0.29) is 29.8 Å². The van der Waals surface area contributed by atoms with Crippen LogP contribution in [0, 0.1) is 5.92 Å². The van der Waals surface area contributed by atoms with Crippen LogP contribution in [-0.4, -0.2) is 92.6 Å². The molecule has 3 aliphatic heterocycles. The van der Waals surface area contributed by atoms with Gasteiger partial charge >= 0.3 is 12.2 Å². The standard InChI is InChI=1S/C40H48N8O6/c1-23(2)33(46-39(52)54-5)36(50)47-20-6-19-40(47,3)37-42-22-31(44-37)27-13-9-25(10-14-27)24-7-11-26(12-8-24)30-21-41-34(43-30)32-18-16-28-15-17-29(35(49)48(28)32)45-38(51)53-4/h7-14,21-23,28-29,32-33H,6,15-20H2,1-5H3,(H,41,43)(H,42,44)(H,45,51)(H,46,52)/t28-,29-,32-,33-,40-/m0/s1. The number of aromatic nitrogens is 4. The molecular weight excluding hydrogens is 688 g/mol. The van der Waals surface area contributed by atoms with Crippen molar-refractivity contribution in [2.24, 2.45) is 5.92 Å². The van der Waals surface area contributed by atoms with Crippen LogP contribution in [0.25, 0.3) is 33.6 Å². The van der Waals surface area contributed by atoms with Gasteiger partial charge in [-0.05, 0) is 62.5 Å². The number of hydrogen-bond donors (Lipinski definition) is 4. The Morgan fingerprint density at radius 1 is 0.833 bits per heavy atom. The molecule has 7 rings (SSSR count). The van der Waals surface area contributed by atoms with Crippen molar-refractivity contribution in [2.75, 3.05) is 20.8 Å². The lowest BCUT2D eigenvalue weighted by atomic mass is 9.95. The number of H-pyrrole nitrogens is 2. The summed E-state index contributed by atoms with van der Waals surface area (Å²) in [5.74, 6) is 1.10. The lowest BCUT2D eigenvalue weighted by Crippen LogP contribution is -2.55. The summed E-state index contributed by atoms with van der Waals surface area (Å²) in [6, 6.07) is 15.1. The van der Waals surface area contributed by atoms with Crippen LogP contribution >= 0.6 is 0 Å². The van der Waals surface area contributed by atoms with E-state index in [4.69, 9.17) is 19.4 Å². The summed E-state index contributed by atoms with van der Waals surface area (Å²) in [5, 5.41) is 5.39. The molecule has 0 spiro atoms. The van der Waals surface area contributed by atoms with E-state index < -0.39 is 29.8 Å². The predicted molar refractivity (Wildman–Crippen MR) is 201 cm³/mol. The molecule has 284 valence electrons. The Morgan fingerprint density at radius 2 is 1.43 bits per heavy atom. The Bertz CT molecular complexity index is 2010. The van der Waals surface area contributed by atoms with E-state index in [1.807, 2.05) is 67.2 Å². The Labute approximate surface area is 314 Å². The number of carbonyl (C=O) groups excluding carboxylic acids is 4. The van der Waals surface area contributed by atoms with Gasteiger partial charge < -0.3 is 39.9 Å². The zero-order valence-electron chi connectivity index (χ0n) is 31.3. The first-order valence-electron chi connectivity index (χ1n) is 18.7. The molecule has 0 aliphatic carbocycles. The largest absolute Gasteiger partial charge is 0.453 e. The molecule has 2 aromatic carbocycles. The van der Waals surface area contributed by atoms with E-state index in [2.05, 4.69) is 44.9 Å². The number of imidazole rings is 2. The molecule has 0 unspecified atom stereocenters. The second kappa shape index (κ2) is 15.0. The average Bonchev–Trinajstić information content (AvgIpc) is 4.01. The molecule has 5 heterocycles. The van der Waals surface area contributed by atoms with Gasteiger partial charge in [-0.15, -0.1) is 0 Å². The van der Waals surface area contributed by atoms with Gasteiger partial charge in [-0.1, -0.05) is 62.4 Å². The molecule has 4 aromatic rings. The number of rotatable bonds is 9. The number of ether oxygens (including phenoxy) is 2. The molecule has 0 saturated carbocycles. The fourth-order valence-corrected chi connectivity index (χ4v) is 8.26. The molecule has 4 amide bonds. The minimum atomic E-state index is -0.707. The van der Waals surface area contributed by atoms with Crippen molar-refractivity contribution in [3.05, 3.63) is 72.6 Å². The predicted octanol–water partition coefficient (Wildman–Crippen LogP) is 5.90. The SMILES string of the molecule is COC(=O)N[C@H]1CC[C@H]2CC[C@@H](c3nc(-c4ccc(-c5ccc(-c6c[nH]c([C@]7(C)CCCN7C(=O)[C@@H](NC(=O)OC)C(C)C)n6)cc5)cc4)c[nH]3)N2C1=O. The average molecular weight is 737 g/mol. The molecule has 3 fully saturated rings. The number of carbonyl (C=O) groups is 4. The zero-order chi connectivity index (χ0) is 38.1. The van der Waals surface area contributed by atoms with Crippen LogP contribution in [0.2, 0.25) is 0 Å². The van der Waals surface area contributed by atoms with Crippen molar-refractivity contribution in [2.45, 2.75) is 89.0 Å². The smallest absolute Gasteiger partial charge is 0.407 e. The Hall–Kier alpha value is -5.66. The fraction of sp³-hybridized carbons (Fsp3) is 0.450. The van der Waals surface area contributed by atoms with E-state index in [0.717, 1.165) is 71.6 Å². The summed E-state index contributed by atoms with van der Waals surface area (Å²) in [4.78, 5) is 71.1. The topological polar surface area (TPSA) is 175 Å². The van der Waals surface area contributed by atoms with Gasteiger partial charge in [-0.25, -0.2) is 19.6 Å². The second-order valence-electron chi connectivity index (χ2n) is 14.9. The van der Waals surface area contributed by atoms with Crippen LogP contribution in [0.3, 0.4) is 0 Å². The van der Waals surface area contributed by atoms with Crippen LogP contribution in [0.1, 0.15) is 77.0 Å². The summed E-state index contributed by atoms with van der Waals surface area (Å²) < 4.78 is 9.50. The Morgan fingerprint density at radius 3 is 2.06 bits per heavy atom. The molecule has 0 radical (unpaired) electrons. The van der Waals surface area contributed by atoms with Crippen molar-refractivity contribution in [3.8, 4) is 33.6 Å². The summed E-state index contributed by atoms with van der Waals surface area (Å²) in [5.41, 5.74) is 4.95. The molecule has 4 N–H and O–H groups in total. The number of likely N-dealkylation sites (tertiary alicyclic amines) is 1. The highest BCUT2D eigenvalue weighted by Crippen LogP contribution is 2.41. The quantitative estimate of drug-likeness (QED) is 0.164. The Kier molecular flexibility index (Phi) is 10.2. The van der Waals surface area contributed by atoms with E-state index >= 15 is 0 Å². The van der Waals surface area contributed by atoms with Gasteiger partial charge in [0.05, 0.1) is 37.2 Å². The number of benzene rings is 2. The van der Waals surface area contributed by atoms with Gasteiger partial charge in [0.25, 0.3) is 0 Å². The summed E-state index contributed by atoms with van der Waals surface area (Å²) >= 11 is 0. The zero-order valence-corrected chi connectivity index (χ0v) is 31.3. The van der Waals surface area contributed by atoms with Gasteiger partial charge in [0.2, 0.25) is 11.8 Å². The van der Waals surface area contributed by atoms with Crippen molar-refractivity contribution >= 4 is 24.0 Å². The normalized spacial score (nSPS) is 22.9. The van der Waals surface area contributed by atoms with Crippen LogP contribution in [0.5, 0.6) is 0 Å². The number of nitrogens with zero attached hydrogens (tertiary/aromatic N) is 4. The highest BCUT2D eigenvalue weighted by Gasteiger charge is 2.47. The van der Waals surface area contributed by atoms with Gasteiger partial charge in [0.1, 0.15) is 23.7 Å². The van der Waals surface area contributed by atoms with E-state index in [1.54, 1.807) is 0 Å². The minimum absolute atomic E-state index is 0.0898. The first-order chi connectivity index (χ1) is 26.0. The molecular formula is C40H48N8O6. The molecule has 14 nitrogen and oxygen atoms in total. The third-order valence-corrected chi connectivity index (χ3v) is 11.3. The number of methoxy groups -OCH3 is 2. The molecule has 54 heavy (non-hydrogen) atoms. The first kappa shape index (κ1) is 36.7. The van der Waals surface area contributed by atoms with Crippen molar-refractivity contribution in [1.29, 1.82) is 0 Å². The van der Waals surface area contributed by atoms with Gasteiger partial charge in [-0.2, -0.15) is 0 Å². The highest BCUT2D eigenvalue weighted by molar-refractivity contribution is 5.88. The van der Waals surface area contributed by atoms with E-state index in [0.29, 0.717) is 18.8 Å². The van der Waals surface area contributed by atoms with Crippen LogP contribution in [0.15, 0.2) is 60.9 Å². The van der Waals surface area contributed by atoms with Gasteiger partial charge in [0.15, 0.2) is 0 Å². The first-order valence-corrected chi connectivity index (χ1v) is 18.7. The summed E-state index contributed by atoms with van der Waals surface area (Å²) in [6.07, 6.45) is 7.26. The van der Waals surface area contributed by atoms with E-state index in [1.165, 1.54) is 14.2 Å². The Balaban J connectivity index is 1.02. The number of fused-ring (bicyclic) bond motifs is 1. The van der Waals surface area contributed by atoms with Crippen molar-refractivity contribution in [3.63, 3.8) is 0 Å². The monoisotopic (exact) mass is 736 g/mol. The lowest BCUT2D eigenvalue weighted by Gasteiger charge is -2.37. The van der Waals surface area contributed by atoms with Crippen molar-refractivity contribution in [1.82, 2.24) is 40.4 Å². The molecule has 3 saturated heterocycles. The maximum atomic E-state index is 13.7. The molecule has 2 aromatic heterocycles. The van der Waals surface area contributed by atoms with Crippen molar-refractivity contribution < 1.29 is 28.7 Å². The number of piperidine rings is 1. The number of amides is 4. The second-order valence-corrected chi connectivity index (χ2v) is 14.9. The number of aromatic amines is 2. The van der Waals surface area contributed by atoms with Crippen LogP contribution in [0.4, 0.5) is 9.59 Å². The summed E-state index contributed by atoms with van der Waals surface area (Å²) in [6.45, 7) is 6.40. The lowest BCUT2D eigenvalue weighted by molar-refractivity contribution is -0.140. The van der Waals surface area contributed by atoms with Crippen LogP contribution < -0.4 is 10.6 Å². The molecule has 14 heteroatoms. The van der Waals surface area contributed by atoms with Crippen LogP contribution in [-0.2, 0) is 24.6 Å². The third-order valence-electron chi connectivity index (χ3n) is 11.3. The number of hydrogen-bond acceptors (Lipinski definition) is 8. The van der Waals surface area contributed by atoms with E-state index in [9.17, 15) is 19.2 Å². The number of nitrogens with one attached hydrogen (secondary N) is 4. The van der Waals surface area contributed by atoms with Gasteiger partial charge in [0, 0.05) is 36.1 Å².